The lowest BCUT2D eigenvalue weighted by molar-refractivity contribution is -0.0984. The van der Waals surface area contributed by atoms with Crippen molar-refractivity contribution in [3.63, 3.8) is 0 Å². The van der Waals surface area contributed by atoms with Gasteiger partial charge in [-0.3, -0.25) is 0 Å². The van der Waals surface area contributed by atoms with Gasteiger partial charge in [0.15, 0.2) is 17.5 Å². The van der Waals surface area contributed by atoms with Gasteiger partial charge in [0.1, 0.15) is 0 Å². The first-order chi connectivity index (χ1) is 9.18. The Morgan fingerprint density at radius 3 is 2.35 bits per heavy atom. The van der Waals surface area contributed by atoms with Gasteiger partial charge in [-0.25, -0.2) is 13.2 Å². The van der Waals surface area contributed by atoms with Crippen LogP contribution in [0.2, 0.25) is 0 Å². The normalized spacial score (nSPS) is 27.6. The molecular weight excluding hydrogens is 265 g/mol. The molecular formula is C16H21F3O. The molecule has 0 aromatic heterocycles. The van der Waals surface area contributed by atoms with Gasteiger partial charge in [-0.15, -0.1) is 0 Å². The minimum absolute atomic E-state index is 0.115. The maximum absolute atomic E-state index is 14.1. The van der Waals surface area contributed by atoms with Crippen LogP contribution in [0.25, 0.3) is 0 Å². The van der Waals surface area contributed by atoms with Crippen LogP contribution in [0.4, 0.5) is 13.2 Å². The van der Waals surface area contributed by atoms with Crippen LogP contribution in [0.15, 0.2) is 12.1 Å². The van der Waals surface area contributed by atoms with Gasteiger partial charge in [0, 0.05) is 5.56 Å². The Kier molecular flexibility index (Phi) is 3.89. The number of hydrogen-bond donors (Lipinski definition) is 1. The molecule has 0 aliphatic heterocycles. The monoisotopic (exact) mass is 286 g/mol. The van der Waals surface area contributed by atoms with Gasteiger partial charge in [-0.1, -0.05) is 39.7 Å². The SMILES string of the molecule is CC(C)(C)C1CCCCC1(O)c1ccc(F)c(F)c1F. The number of benzene rings is 1. The summed E-state index contributed by atoms with van der Waals surface area (Å²) in [6.45, 7) is 5.93. The molecule has 0 radical (unpaired) electrons. The molecule has 2 unspecified atom stereocenters. The predicted octanol–water partition coefficient (Wildman–Crippen LogP) is 4.53. The largest absolute Gasteiger partial charge is 0.385 e. The maximum atomic E-state index is 14.1. The Bertz CT molecular complexity index is 507. The summed E-state index contributed by atoms with van der Waals surface area (Å²) < 4.78 is 40.6. The van der Waals surface area contributed by atoms with Crippen LogP contribution in [0.3, 0.4) is 0 Å². The van der Waals surface area contributed by atoms with Crippen molar-refractivity contribution in [1.82, 2.24) is 0 Å². The van der Waals surface area contributed by atoms with Crippen LogP contribution in [0.1, 0.15) is 52.0 Å². The summed E-state index contributed by atoms with van der Waals surface area (Å²) in [5.41, 5.74) is -1.79. The Labute approximate surface area is 117 Å². The van der Waals surface area contributed by atoms with E-state index < -0.39 is 23.1 Å². The van der Waals surface area contributed by atoms with Crippen molar-refractivity contribution >= 4 is 0 Å². The molecule has 1 aromatic rings. The van der Waals surface area contributed by atoms with Gasteiger partial charge in [0.25, 0.3) is 0 Å². The highest BCUT2D eigenvalue weighted by Crippen LogP contribution is 2.50. The van der Waals surface area contributed by atoms with E-state index in [0.717, 1.165) is 25.3 Å². The zero-order chi connectivity index (χ0) is 15.1. The van der Waals surface area contributed by atoms with Crippen molar-refractivity contribution in [3.05, 3.63) is 35.1 Å². The van der Waals surface area contributed by atoms with Gasteiger partial charge in [0.05, 0.1) is 5.60 Å². The second-order valence-electron chi connectivity index (χ2n) is 6.81. The Morgan fingerprint density at radius 1 is 1.10 bits per heavy atom. The lowest BCUT2D eigenvalue weighted by atomic mass is 9.61. The quantitative estimate of drug-likeness (QED) is 0.752. The topological polar surface area (TPSA) is 20.2 Å². The number of aliphatic hydroxyl groups is 1. The second-order valence-corrected chi connectivity index (χ2v) is 6.81. The first-order valence-corrected chi connectivity index (χ1v) is 7.04. The Hall–Kier alpha value is -1.03. The maximum Gasteiger partial charge on any atom is 0.194 e. The molecule has 2 rings (SSSR count). The molecule has 0 spiro atoms. The van der Waals surface area contributed by atoms with E-state index in [2.05, 4.69) is 0 Å². The van der Waals surface area contributed by atoms with E-state index in [1.54, 1.807) is 0 Å². The molecule has 1 aromatic carbocycles. The molecule has 0 bridgehead atoms. The van der Waals surface area contributed by atoms with Crippen molar-refractivity contribution in [1.29, 1.82) is 0 Å². The van der Waals surface area contributed by atoms with Gasteiger partial charge in [-0.05, 0) is 30.2 Å². The average Bonchev–Trinajstić information content (AvgIpc) is 2.35. The number of halogens is 3. The first-order valence-electron chi connectivity index (χ1n) is 7.04. The summed E-state index contributed by atoms with van der Waals surface area (Å²) in [6, 6.07) is 2.07. The lowest BCUT2D eigenvalue weighted by Gasteiger charge is -2.47. The zero-order valence-corrected chi connectivity index (χ0v) is 12.1. The molecule has 4 heteroatoms. The summed E-state index contributed by atoms with van der Waals surface area (Å²) in [7, 11) is 0. The molecule has 1 saturated carbocycles. The van der Waals surface area contributed by atoms with E-state index >= 15 is 0 Å². The van der Waals surface area contributed by atoms with Gasteiger partial charge >= 0.3 is 0 Å². The van der Waals surface area contributed by atoms with Crippen molar-refractivity contribution in [2.24, 2.45) is 11.3 Å². The van der Waals surface area contributed by atoms with Gasteiger partial charge < -0.3 is 5.11 Å². The molecule has 0 heterocycles. The number of rotatable bonds is 1. The fraction of sp³-hybridized carbons (Fsp3) is 0.625. The van der Waals surface area contributed by atoms with Crippen molar-refractivity contribution < 1.29 is 18.3 Å². The van der Waals surface area contributed by atoms with E-state index in [1.165, 1.54) is 6.07 Å². The minimum Gasteiger partial charge on any atom is -0.385 e. The van der Waals surface area contributed by atoms with Crippen molar-refractivity contribution in [2.75, 3.05) is 0 Å². The van der Waals surface area contributed by atoms with Crippen LogP contribution in [-0.4, -0.2) is 5.11 Å². The molecule has 1 nitrogen and oxygen atoms in total. The second kappa shape index (κ2) is 5.06. The van der Waals surface area contributed by atoms with Gasteiger partial charge in [-0.2, -0.15) is 0 Å². The fourth-order valence-corrected chi connectivity index (χ4v) is 3.49. The van der Waals surface area contributed by atoms with Crippen LogP contribution in [0.5, 0.6) is 0 Å². The molecule has 1 aliphatic rings. The third-order valence-electron chi connectivity index (χ3n) is 4.42. The van der Waals surface area contributed by atoms with Crippen molar-refractivity contribution in [3.8, 4) is 0 Å². The molecule has 0 amide bonds. The predicted molar refractivity (Wildman–Crippen MR) is 71.6 cm³/mol. The molecule has 0 saturated heterocycles. The standard InChI is InChI=1S/C16H21F3O/c1-15(2,3)12-6-4-5-9-16(12,20)10-7-8-11(17)14(19)13(10)18/h7-8,12,20H,4-6,9H2,1-3H3. The molecule has 1 aliphatic carbocycles. The van der Waals surface area contributed by atoms with E-state index in [9.17, 15) is 18.3 Å². The Balaban J connectivity index is 2.55. The third-order valence-corrected chi connectivity index (χ3v) is 4.42. The highest BCUT2D eigenvalue weighted by atomic mass is 19.2. The summed E-state index contributed by atoms with van der Waals surface area (Å²) >= 11 is 0. The minimum atomic E-state index is -1.51. The summed E-state index contributed by atoms with van der Waals surface area (Å²) in [6.07, 6.45) is 2.83. The summed E-state index contributed by atoms with van der Waals surface area (Å²) in [4.78, 5) is 0. The van der Waals surface area contributed by atoms with E-state index in [-0.39, 0.29) is 16.9 Å². The summed E-state index contributed by atoms with van der Waals surface area (Å²) in [5, 5.41) is 11.0. The van der Waals surface area contributed by atoms with Crippen LogP contribution >= 0.6 is 0 Å². The first kappa shape index (κ1) is 15.4. The van der Waals surface area contributed by atoms with Crippen LogP contribution < -0.4 is 0 Å². The zero-order valence-electron chi connectivity index (χ0n) is 12.1. The molecule has 20 heavy (non-hydrogen) atoms. The van der Waals surface area contributed by atoms with Crippen LogP contribution in [0, 0.1) is 28.8 Å². The average molecular weight is 286 g/mol. The van der Waals surface area contributed by atoms with Crippen LogP contribution in [-0.2, 0) is 5.60 Å². The molecule has 2 atom stereocenters. The third kappa shape index (κ3) is 2.46. The van der Waals surface area contributed by atoms with Crippen molar-refractivity contribution in [2.45, 2.75) is 52.1 Å². The highest BCUT2D eigenvalue weighted by molar-refractivity contribution is 5.28. The molecule has 1 N–H and O–H groups in total. The number of hydrogen-bond acceptors (Lipinski definition) is 1. The molecule has 112 valence electrons. The summed E-state index contributed by atoms with van der Waals surface area (Å²) in [5.74, 6) is -4.18. The Morgan fingerprint density at radius 2 is 1.75 bits per heavy atom. The smallest absolute Gasteiger partial charge is 0.194 e. The fourth-order valence-electron chi connectivity index (χ4n) is 3.49. The highest BCUT2D eigenvalue weighted by Gasteiger charge is 2.47. The van der Waals surface area contributed by atoms with Gasteiger partial charge in [0.2, 0.25) is 0 Å². The lowest BCUT2D eigenvalue weighted by Crippen LogP contribution is -2.45. The van der Waals surface area contributed by atoms with E-state index in [0.29, 0.717) is 6.42 Å². The molecule has 1 fully saturated rings. The van der Waals surface area contributed by atoms with E-state index in [4.69, 9.17) is 0 Å². The van der Waals surface area contributed by atoms with E-state index in [1.807, 2.05) is 20.8 Å².